The van der Waals surface area contributed by atoms with E-state index < -0.39 is 4.92 Å². The lowest BCUT2D eigenvalue weighted by molar-refractivity contribution is -0.384. The van der Waals surface area contributed by atoms with E-state index in [0.717, 1.165) is 0 Å². The minimum atomic E-state index is -0.507. The fourth-order valence-electron chi connectivity index (χ4n) is 2.99. The van der Waals surface area contributed by atoms with Gasteiger partial charge < -0.3 is 9.47 Å². The van der Waals surface area contributed by atoms with Crippen LogP contribution in [0.5, 0.6) is 11.5 Å². The summed E-state index contributed by atoms with van der Waals surface area (Å²) in [6.45, 7) is 2.35. The Morgan fingerprint density at radius 2 is 1.97 bits per heavy atom. The minimum absolute atomic E-state index is 0.0964. The van der Waals surface area contributed by atoms with E-state index >= 15 is 0 Å². The Kier molecular flexibility index (Phi) is 7.58. The van der Waals surface area contributed by atoms with E-state index in [4.69, 9.17) is 9.47 Å². The minimum Gasteiger partial charge on any atom is -0.490 e. The molecule has 0 spiro atoms. The lowest BCUT2D eigenvalue weighted by atomic mass is 10.0. The molecule has 8 heteroatoms. The van der Waals surface area contributed by atoms with E-state index in [9.17, 15) is 19.8 Å². The van der Waals surface area contributed by atoms with Gasteiger partial charge in [-0.1, -0.05) is 24.3 Å². The molecule has 0 atom stereocenters. The second-order valence-electron chi connectivity index (χ2n) is 6.66. The second kappa shape index (κ2) is 10.6. The number of halogens is 2. The Morgan fingerprint density at radius 1 is 1.19 bits per heavy atom. The number of benzene rings is 3. The number of rotatable bonds is 8. The van der Waals surface area contributed by atoms with Gasteiger partial charge in [0.1, 0.15) is 12.4 Å². The Bertz CT molecular complexity index is 1220. The Morgan fingerprint density at radius 3 is 2.66 bits per heavy atom. The molecule has 0 fully saturated rings. The molecule has 0 saturated heterocycles. The molecule has 0 aliphatic rings. The van der Waals surface area contributed by atoms with Crippen molar-refractivity contribution in [3.63, 3.8) is 0 Å². The van der Waals surface area contributed by atoms with Crippen molar-refractivity contribution in [1.29, 1.82) is 5.26 Å². The summed E-state index contributed by atoms with van der Waals surface area (Å²) in [4.78, 5) is 10.5. The van der Waals surface area contributed by atoms with Crippen molar-refractivity contribution < 1.29 is 18.8 Å². The summed E-state index contributed by atoms with van der Waals surface area (Å²) in [5.41, 5.74) is 1.90. The van der Waals surface area contributed by atoms with E-state index in [1.165, 1.54) is 30.3 Å². The average molecular weight is 497 g/mol. The fraction of sp³-hybridized carbons (Fsp3) is 0.125. The van der Waals surface area contributed by atoms with Gasteiger partial charge in [0.05, 0.1) is 27.6 Å². The number of nitriles is 1. The molecule has 0 aromatic heterocycles. The smallest absolute Gasteiger partial charge is 0.270 e. The molecule has 0 saturated carbocycles. The lowest BCUT2D eigenvalue weighted by Gasteiger charge is -2.15. The van der Waals surface area contributed by atoms with Crippen LogP contribution in [-0.4, -0.2) is 11.5 Å². The van der Waals surface area contributed by atoms with Crippen LogP contribution in [0, 0.1) is 27.3 Å². The van der Waals surface area contributed by atoms with Crippen LogP contribution in [0.3, 0.4) is 0 Å². The third kappa shape index (κ3) is 5.71. The molecule has 0 N–H and O–H groups in total. The summed E-state index contributed by atoms with van der Waals surface area (Å²) >= 11 is 3.47. The van der Waals surface area contributed by atoms with E-state index in [1.54, 1.807) is 36.4 Å². The van der Waals surface area contributed by atoms with Crippen LogP contribution in [0.2, 0.25) is 0 Å². The summed E-state index contributed by atoms with van der Waals surface area (Å²) in [6.07, 6.45) is 1.61. The van der Waals surface area contributed by atoms with Gasteiger partial charge in [-0.25, -0.2) is 4.39 Å². The first kappa shape index (κ1) is 23.0. The number of nitro groups is 1. The van der Waals surface area contributed by atoms with Crippen molar-refractivity contribution in [2.24, 2.45) is 0 Å². The van der Waals surface area contributed by atoms with Crippen molar-refractivity contribution in [2.75, 3.05) is 6.61 Å². The molecule has 6 nitrogen and oxygen atoms in total. The van der Waals surface area contributed by atoms with Gasteiger partial charge in [0.25, 0.3) is 5.69 Å². The molecular weight excluding hydrogens is 479 g/mol. The van der Waals surface area contributed by atoms with Crippen molar-refractivity contribution in [1.82, 2.24) is 0 Å². The number of nitrogens with zero attached hydrogens (tertiary/aromatic N) is 2. The number of ether oxygens (including phenoxy) is 2. The molecule has 0 heterocycles. The average Bonchev–Trinajstić information content (AvgIpc) is 2.77. The van der Waals surface area contributed by atoms with Crippen LogP contribution in [-0.2, 0) is 6.61 Å². The zero-order valence-electron chi connectivity index (χ0n) is 17.0. The summed E-state index contributed by atoms with van der Waals surface area (Å²) < 4.78 is 25.6. The number of hydrogen-bond donors (Lipinski definition) is 0. The van der Waals surface area contributed by atoms with Gasteiger partial charge in [0.2, 0.25) is 0 Å². The predicted octanol–water partition coefficient (Wildman–Crippen LogP) is 6.54. The van der Waals surface area contributed by atoms with Crippen molar-refractivity contribution in [3.8, 4) is 17.6 Å². The normalized spacial score (nSPS) is 11.0. The molecular formula is C24H18BrFN2O4. The third-order valence-electron chi connectivity index (χ3n) is 4.40. The maximum absolute atomic E-state index is 13.4. The van der Waals surface area contributed by atoms with Crippen molar-refractivity contribution in [2.45, 2.75) is 13.5 Å². The van der Waals surface area contributed by atoms with E-state index in [2.05, 4.69) is 22.0 Å². The van der Waals surface area contributed by atoms with Gasteiger partial charge in [-0.2, -0.15) is 5.26 Å². The summed E-state index contributed by atoms with van der Waals surface area (Å²) in [5.74, 6) is 0.545. The molecule has 32 heavy (non-hydrogen) atoms. The SMILES string of the molecule is CCOc1cc(/C=C(/C#N)c2cccc([N+](=O)[O-])c2)cc(Br)c1OCc1cccc(F)c1. The quantitative estimate of drug-likeness (QED) is 0.153. The molecule has 0 radical (unpaired) electrons. The highest BCUT2D eigenvalue weighted by atomic mass is 79.9. The maximum atomic E-state index is 13.4. The van der Waals surface area contributed by atoms with Crippen LogP contribution in [0.4, 0.5) is 10.1 Å². The van der Waals surface area contributed by atoms with Crippen molar-refractivity contribution >= 4 is 33.3 Å². The largest absolute Gasteiger partial charge is 0.490 e. The number of allylic oxidation sites excluding steroid dienone is 1. The van der Waals surface area contributed by atoms with E-state index in [0.29, 0.717) is 39.3 Å². The zero-order chi connectivity index (χ0) is 23.1. The molecule has 0 amide bonds. The first-order valence-electron chi connectivity index (χ1n) is 9.61. The maximum Gasteiger partial charge on any atom is 0.270 e. The molecule has 3 aromatic rings. The van der Waals surface area contributed by atoms with Crippen LogP contribution >= 0.6 is 15.9 Å². The highest BCUT2D eigenvalue weighted by Gasteiger charge is 2.14. The molecule has 3 rings (SSSR count). The van der Waals surface area contributed by atoms with Gasteiger partial charge in [-0.05, 0) is 69.9 Å². The summed E-state index contributed by atoms with van der Waals surface area (Å²) in [5, 5.41) is 20.7. The zero-order valence-corrected chi connectivity index (χ0v) is 18.6. The monoisotopic (exact) mass is 496 g/mol. The standard InChI is InChI=1S/C24H18BrFN2O4/c1-2-31-23-12-17(9-19(14-27)18-6-4-8-21(13-18)28(29)30)11-22(25)24(23)32-15-16-5-3-7-20(26)10-16/h3-13H,2,15H2,1H3/b19-9-. The topological polar surface area (TPSA) is 85.4 Å². The predicted molar refractivity (Wildman–Crippen MR) is 123 cm³/mol. The fourth-order valence-corrected chi connectivity index (χ4v) is 3.56. The number of hydrogen-bond acceptors (Lipinski definition) is 5. The number of nitro benzene ring substituents is 1. The summed E-state index contributed by atoms with van der Waals surface area (Å²) in [6, 6.07) is 17.6. The van der Waals surface area contributed by atoms with Crippen LogP contribution in [0.25, 0.3) is 11.6 Å². The lowest BCUT2D eigenvalue weighted by Crippen LogP contribution is -2.01. The van der Waals surface area contributed by atoms with Gasteiger partial charge >= 0.3 is 0 Å². The van der Waals surface area contributed by atoms with Gasteiger partial charge in [-0.3, -0.25) is 10.1 Å². The van der Waals surface area contributed by atoms with Gasteiger partial charge in [-0.15, -0.1) is 0 Å². The number of non-ortho nitro benzene ring substituents is 1. The van der Waals surface area contributed by atoms with Crippen LogP contribution in [0.15, 0.2) is 65.1 Å². The van der Waals surface area contributed by atoms with Gasteiger partial charge in [0, 0.05) is 12.1 Å². The molecule has 0 bridgehead atoms. The first-order chi connectivity index (χ1) is 15.4. The Balaban J connectivity index is 1.94. The molecule has 3 aromatic carbocycles. The van der Waals surface area contributed by atoms with E-state index in [1.807, 2.05) is 6.92 Å². The highest BCUT2D eigenvalue weighted by Crippen LogP contribution is 2.38. The van der Waals surface area contributed by atoms with E-state index in [-0.39, 0.29) is 23.7 Å². The molecule has 0 aliphatic carbocycles. The third-order valence-corrected chi connectivity index (χ3v) is 4.99. The first-order valence-corrected chi connectivity index (χ1v) is 10.4. The Hall–Kier alpha value is -3.70. The highest BCUT2D eigenvalue weighted by molar-refractivity contribution is 9.10. The van der Waals surface area contributed by atoms with Gasteiger partial charge in [0.15, 0.2) is 11.5 Å². The van der Waals surface area contributed by atoms with Crippen molar-refractivity contribution in [3.05, 3.63) is 97.8 Å². The second-order valence-corrected chi connectivity index (χ2v) is 7.51. The van der Waals surface area contributed by atoms with Crippen LogP contribution in [0.1, 0.15) is 23.6 Å². The molecule has 0 aliphatic heterocycles. The molecule has 162 valence electrons. The Labute approximate surface area is 192 Å². The van der Waals surface area contributed by atoms with Crippen LogP contribution < -0.4 is 9.47 Å². The molecule has 0 unspecified atom stereocenters. The summed E-state index contributed by atoms with van der Waals surface area (Å²) in [7, 11) is 0.